The summed E-state index contributed by atoms with van der Waals surface area (Å²) in [6.07, 6.45) is 3.49. The highest BCUT2D eigenvalue weighted by Gasteiger charge is 2.18. The number of guanidine groups is 1. The normalized spacial score (nSPS) is 19.6. The van der Waals surface area contributed by atoms with E-state index in [0.29, 0.717) is 18.1 Å². The molecule has 2 N–H and O–H groups in total. The van der Waals surface area contributed by atoms with Crippen molar-refractivity contribution in [3.63, 3.8) is 0 Å². The quantitative estimate of drug-likeness (QED) is 0.319. The molecule has 6 nitrogen and oxygen atoms in total. The third-order valence-electron chi connectivity index (χ3n) is 4.66. The van der Waals surface area contributed by atoms with E-state index in [4.69, 9.17) is 9.47 Å². The summed E-state index contributed by atoms with van der Waals surface area (Å²) in [7, 11) is 1.83. The zero-order chi connectivity index (χ0) is 18.5. The van der Waals surface area contributed by atoms with E-state index < -0.39 is 0 Å². The van der Waals surface area contributed by atoms with Crippen LogP contribution in [0, 0.1) is 5.92 Å². The van der Waals surface area contributed by atoms with Gasteiger partial charge in [-0.3, -0.25) is 9.89 Å². The summed E-state index contributed by atoms with van der Waals surface area (Å²) in [5.41, 5.74) is 0. The molecule has 0 aromatic rings. The summed E-state index contributed by atoms with van der Waals surface area (Å²) < 4.78 is 11.1. The van der Waals surface area contributed by atoms with Gasteiger partial charge in [-0.15, -0.1) is 0 Å². The van der Waals surface area contributed by atoms with Crippen molar-refractivity contribution in [3.8, 4) is 0 Å². The molecule has 1 fully saturated rings. The van der Waals surface area contributed by atoms with Crippen molar-refractivity contribution in [1.29, 1.82) is 0 Å². The third kappa shape index (κ3) is 9.42. The van der Waals surface area contributed by atoms with Gasteiger partial charge in [0.15, 0.2) is 5.96 Å². The van der Waals surface area contributed by atoms with Crippen LogP contribution in [-0.2, 0) is 9.47 Å². The minimum absolute atomic E-state index is 0.295. The number of ether oxygens (including phenoxy) is 2. The first-order valence-electron chi connectivity index (χ1n) is 9.98. The van der Waals surface area contributed by atoms with Crippen LogP contribution in [0.4, 0.5) is 0 Å². The second kappa shape index (κ2) is 13.4. The van der Waals surface area contributed by atoms with E-state index in [-0.39, 0.29) is 0 Å². The highest BCUT2D eigenvalue weighted by Crippen LogP contribution is 2.11. The molecule has 25 heavy (non-hydrogen) atoms. The number of hydrogen-bond donors (Lipinski definition) is 2. The van der Waals surface area contributed by atoms with Crippen molar-refractivity contribution in [2.24, 2.45) is 10.9 Å². The van der Waals surface area contributed by atoms with Gasteiger partial charge < -0.3 is 20.1 Å². The Morgan fingerprint density at radius 2 is 2.04 bits per heavy atom. The Hall–Kier alpha value is -0.850. The summed E-state index contributed by atoms with van der Waals surface area (Å²) in [6, 6.07) is 0.541. The lowest BCUT2D eigenvalue weighted by Gasteiger charge is -2.31. The molecule has 0 radical (unpaired) electrons. The summed E-state index contributed by atoms with van der Waals surface area (Å²) >= 11 is 0. The smallest absolute Gasteiger partial charge is 0.191 e. The van der Waals surface area contributed by atoms with Crippen LogP contribution < -0.4 is 10.6 Å². The fourth-order valence-corrected chi connectivity index (χ4v) is 3.25. The van der Waals surface area contributed by atoms with E-state index in [1.807, 2.05) is 7.05 Å². The molecule has 1 saturated heterocycles. The highest BCUT2D eigenvalue weighted by atomic mass is 16.5. The Labute approximate surface area is 154 Å². The van der Waals surface area contributed by atoms with Gasteiger partial charge in [-0.25, -0.2) is 0 Å². The predicted octanol–water partition coefficient (Wildman–Crippen LogP) is 2.10. The van der Waals surface area contributed by atoms with Gasteiger partial charge in [0.2, 0.25) is 0 Å². The van der Waals surface area contributed by atoms with Crippen LogP contribution in [0.1, 0.15) is 47.0 Å². The lowest BCUT2D eigenvalue weighted by molar-refractivity contribution is 0.0420. The van der Waals surface area contributed by atoms with Crippen LogP contribution in [0.3, 0.4) is 0 Å². The van der Waals surface area contributed by atoms with Gasteiger partial charge in [0, 0.05) is 39.4 Å². The molecule has 0 bridgehead atoms. The first-order chi connectivity index (χ1) is 12.1. The van der Waals surface area contributed by atoms with Crippen molar-refractivity contribution in [2.45, 2.75) is 59.1 Å². The maximum Gasteiger partial charge on any atom is 0.191 e. The van der Waals surface area contributed by atoms with E-state index in [2.05, 4.69) is 48.2 Å². The Morgan fingerprint density at radius 3 is 2.60 bits per heavy atom. The Balaban J connectivity index is 2.25. The number of likely N-dealkylation sites (N-methyl/N-ethyl adjacent to an activating group) is 1. The van der Waals surface area contributed by atoms with E-state index >= 15 is 0 Å². The average molecular weight is 357 g/mol. The molecule has 0 spiro atoms. The van der Waals surface area contributed by atoms with Crippen LogP contribution in [0.2, 0.25) is 0 Å². The van der Waals surface area contributed by atoms with Crippen molar-refractivity contribution < 1.29 is 9.47 Å². The molecule has 1 heterocycles. The number of hydrogen-bond acceptors (Lipinski definition) is 4. The maximum absolute atomic E-state index is 5.79. The van der Waals surface area contributed by atoms with Gasteiger partial charge in [0.1, 0.15) is 0 Å². The van der Waals surface area contributed by atoms with Gasteiger partial charge in [-0.2, -0.15) is 0 Å². The lowest BCUT2D eigenvalue weighted by Crippen LogP contribution is -2.47. The van der Waals surface area contributed by atoms with Crippen LogP contribution in [-0.4, -0.2) is 76.1 Å². The van der Waals surface area contributed by atoms with Gasteiger partial charge in [0.25, 0.3) is 0 Å². The summed E-state index contributed by atoms with van der Waals surface area (Å²) in [6.45, 7) is 15.4. The molecule has 1 aliphatic rings. The van der Waals surface area contributed by atoms with E-state index in [1.54, 1.807) is 0 Å². The molecule has 0 aromatic heterocycles. The molecule has 0 aromatic carbocycles. The number of nitrogens with zero attached hydrogens (tertiary/aromatic N) is 2. The maximum atomic E-state index is 5.79. The fraction of sp³-hybridized carbons (Fsp3) is 0.947. The first kappa shape index (κ1) is 22.2. The Kier molecular flexibility index (Phi) is 11.9. The van der Waals surface area contributed by atoms with Crippen LogP contribution in [0.25, 0.3) is 0 Å². The molecule has 0 aliphatic carbocycles. The first-order valence-corrected chi connectivity index (χ1v) is 9.98. The highest BCUT2D eigenvalue weighted by molar-refractivity contribution is 5.79. The zero-order valence-corrected chi connectivity index (χ0v) is 17.0. The van der Waals surface area contributed by atoms with Crippen molar-refractivity contribution in [3.05, 3.63) is 0 Å². The van der Waals surface area contributed by atoms with Crippen LogP contribution in [0.15, 0.2) is 4.99 Å². The summed E-state index contributed by atoms with van der Waals surface area (Å²) in [4.78, 5) is 6.87. The van der Waals surface area contributed by atoms with Gasteiger partial charge in [-0.1, -0.05) is 27.7 Å². The monoisotopic (exact) mass is 356 g/mol. The molecular formula is C19H40N4O2. The molecule has 6 heteroatoms. The largest absolute Gasteiger partial charge is 0.379 e. The molecular weight excluding hydrogens is 316 g/mol. The second-order valence-electron chi connectivity index (χ2n) is 7.09. The Bertz CT molecular complexity index is 353. The van der Waals surface area contributed by atoms with Crippen LogP contribution in [0.5, 0.6) is 0 Å². The molecule has 2 unspecified atom stereocenters. The fourth-order valence-electron chi connectivity index (χ4n) is 3.25. The second-order valence-corrected chi connectivity index (χ2v) is 7.09. The average Bonchev–Trinajstić information content (AvgIpc) is 3.11. The predicted molar refractivity (Wildman–Crippen MR) is 105 cm³/mol. The van der Waals surface area contributed by atoms with Crippen molar-refractivity contribution in [2.75, 3.05) is 53.0 Å². The van der Waals surface area contributed by atoms with Gasteiger partial charge in [0.05, 0.1) is 12.7 Å². The summed E-state index contributed by atoms with van der Waals surface area (Å²) in [5.74, 6) is 1.57. The number of rotatable bonds is 12. The molecule has 1 rings (SSSR count). The van der Waals surface area contributed by atoms with E-state index in [0.717, 1.165) is 64.8 Å². The van der Waals surface area contributed by atoms with Gasteiger partial charge in [-0.05, 0) is 38.3 Å². The van der Waals surface area contributed by atoms with Crippen molar-refractivity contribution in [1.82, 2.24) is 15.5 Å². The lowest BCUT2D eigenvalue weighted by atomic mass is 10.0. The molecule has 148 valence electrons. The van der Waals surface area contributed by atoms with Gasteiger partial charge >= 0.3 is 0 Å². The minimum Gasteiger partial charge on any atom is -0.379 e. The van der Waals surface area contributed by atoms with Crippen LogP contribution >= 0.6 is 0 Å². The molecule has 1 aliphatic heterocycles. The van der Waals surface area contributed by atoms with E-state index in [1.165, 1.54) is 6.42 Å². The summed E-state index contributed by atoms with van der Waals surface area (Å²) in [5, 5.41) is 6.88. The topological polar surface area (TPSA) is 58.1 Å². The minimum atomic E-state index is 0.295. The number of nitrogens with one attached hydrogen (secondary N) is 2. The van der Waals surface area contributed by atoms with Crippen molar-refractivity contribution >= 4 is 5.96 Å². The Morgan fingerprint density at radius 1 is 1.28 bits per heavy atom. The zero-order valence-electron chi connectivity index (χ0n) is 17.0. The third-order valence-corrected chi connectivity index (χ3v) is 4.66. The molecule has 0 saturated carbocycles. The SMILES string of the molecule is CCN(CC)C(CNC(=NC)NCCCOC1CCOC1)CC(C)C. The molecule has 0 amide bonds. The standard InChI is InChI=1S/C19H40N4O2/c1-6-23(7-2)17(13-16(3)4)14-22-19(20-5)21-10-8-11-25-18-9-12-24-15-18/h16-18H,6-15H2,1-5H3,(H2,20,21,22). The van der Waals surface area contributed by atoms with E-state index in [9.17, 15) is 0 Å². The number of aliphatic imine (C=N–C) groups is 1. The molecule has 2 atom stereocenters.